The summed E-state index contributed by atoms with van der Waals surface area (Å²) in [4.78, 5) is 56.2. The van der Waals surface area contributed by atoms with Crippen LogP contribution in [0.5, 0.6) is 0 Å². The summed E-state index contributed by atoms with van der Waals surface area (Å²) in [6.45, 7) is 6.41. The van der Waals surface area contributed by atoms with Gasteiger partial charge < -0.3 is 20.4 Å². The molecule has 0 spiro atoms. The van der Waals surface area contributed by atoms with Crippen molar-refractivity contribution in [3.05, 3.63) is 0 Å². The average molecular weight is 512 g/mol. The van der Waals surface area contributed by atoms with E-state index in [-0.39, 0.29) is 11.8 Å². The van der Waals surface area contributed by atoms with Crippen LogP contribution in [0.25, 0.3) is 0 Å². The van der Waals surface area contributed by atoms with E-state index in [1.807, 2.05) is 0 Å². The number of amides is 2. The summed E-state index contributed by atoms with van der Waals surface area (Å²) in [5, 5.41) is 31.8. The van der Waals surface area contributed by atoms with Gasteiger partial charge in [0, 0.05) is 53.6 Å². The van der Waals surface area contributed by atoms with Gasteiger partial charge in [-0.2, -0.15) is 11.1 Å². The Kier molecular flexibility index (Phi) is 34.5. The maximum Gasteiger partial charge on any atom is 0.300 e. The number of carboxylic acids is 4. The van der Waals surface area contributed by atoms with E-state index in [0.717, 1.165) is 40.8 Å². The van der Waals surface area contributed by atoms with Crippen molar-refractivity contribution in [1.29, 1.82) is 0 Å². The number of nitrogens with one attached hydrogen (secondary N) is 5. The third-order valence-corrected chi connectivity index (χ3v) is 2.95. The lowest BCUT2D eigenvalue weighted by atomic mass is 10.1. The summed E-state index contributed by atoms with van der Waals surface area (Å²) < 4.78 is 0. The first-order chi connectivity index (χ1) is 16.2. The van der Waals surface area contributed by atoms with Gasteiger partial charge in [-0.1, -0.05) is 25.7 Å². The predicted molar refractivity (Wildman–Crippen MR) is 126 cm³/mol. The van der Waals surface area contributed by atoms with E-state index in [2.05, 4.69) is 27.2 Å². The van der Waals surface area contributed by atoms with Crippen molar-refractivity contribution in [2.45, 2.75) is 79.1 Å². The molecule has 35 heavy (non-hydrogen) atoms. The van der Waals surface area contributed by atoms with Crippen LogP contribution in [0.2, 0.25) is 0 Å². The molecule has 0 unspecified atom stereocenters. The van der Waals surface area contributed by atoms with E-state index in [1.165, 1.54) is 38.5 Å². The van der Waals surface area contributed by atoms with Crippen molar-refractivity contribution < 1.29 is 49.2 Å². The Bertz CT molecular complexity index is 482. The molecule has 2 aliphatic heterocycles. The molecule has 2 fully saturated rings. The van der Waals surface area contributed by atoms with Gasteiger partial charge in [-0.05, 0) is 12.8 Å². The molecule has 0 radical (unpaired) electrons. The van der Waals surface area contributed by atoms with Crippen molar-refractivity contribution >= 4 is 35.7 Å². The molecule has 0 aliphatic carbocycles. The molecule has 15 nitrogen and oxygen atoms in total. The van der Waals surface area contributed by atoms with Crippen LogP contribution < -0.4 is 27.2 Å². The zero-order valence-electron chi connectivity index (χ0n) is 20.8. The van der Waals surface area contributed by atoms with Crippen LogP contribution in [0.15, 0.2) is 0 Å². The third kappa shape index (κ3) is 80.6. The van der Waals surface area contributed by atoms with Gasteiger partial charge in [0.05, 0.1) is 0 Å². The molecule has 2 heterocycles. The van der Waals surface area contributed by atoms with Crippen LogP contribution in [-0.4, -0.2) is 69.2 Å². The molecule has 2 rings (SSSR count). The highest BCUT2D eigenvalue weighted by Gasteiger charge is 2.15. The van der Waals surface area contributed by atoms with Crippen LogP contribution in [0.3, 0.4) is 0 Å². The molecule has 2 aliphatic rings. The Morgan fingerprint density at radius 3 is 0.971 bits per heavy atom. The fraction of sp³-hybridized carbons (Fsp3) is 0.700. The second-order valence-electron chi connectivity index (χ2n) is 6.77. The molecule has 0 saturated carbocycles. The monoisotopic (exact) mass is 511 g/mol. The van der Waals surface area contributed by atoms with Crippen LogP contribution in [0, 0.1) is 0 Å². The van der Waals surface area contributed by atoms with Crippen molar-refractivity contribution in [3.8, 4) is 0 Å². The van der Waals surface area contributed by atoms with E-state index in [1.54, 1.807) is 0 Å². The quantitative estimate of drug-likeness (QED) is 0.198. The number of carbonyl (C=O) groups is 6. The Balaban J connectivity index is -0.000000180. The lowest BCUT2D eigenvalue weighted by molar-refractivity contribution is -0.135. The molecule has 0 bridgehead atoms. The Labute approximate surface area is 204 Å². The first-order valence-corrected chi connectivity index (χ1v) is 10.8. The summed E-state index contributed by atoms with van der Waals surface area (Å²) in [6.07, 6.45) is 8.73. The molecule has 0 aromatic heterocycles. The molecule has 0 aromatic rings. The SMILES string of the molecule is C1CCCCNNNNCCC1.CC(=O)O.CC(=O)O.CC(=O)O.CC(=O)O.O=C1CCC(=O)N1. The number of carbonyl (C=O) groups excluding carboxylic acids is 2. The summed E-state index contributed by atoms with van der Waals surface area (Å²) in [5.41, 5.74) is 11.9. The number of carboxylic acid groups (broad SMARTS) is 4. The second-order valence-corrected chi connectivity index (χ2v) is 6.77. The van der Waals surface area contributed by atoms with Gasteiger partial charge in [0.2, 0.25) is 11.8 Å². The first kappa shape index (κ1) is 39.1. The summed E-state index contributed by atoms with van der Waals surface area (Å²) >= 11 is 0. The van der Waals surface area contributed by atoms with Crippen molar-refractivity contribution in [2.75, 3.05) is 13.1 Å². The fourth-order valence-corrected chi connectivity index (χ4v) is 1.85. The number of hydrogen-bond donors (Lipinski definition) is 9. The highest BCUT2D eigenvalue weighted by molar-refractivity contribution is 6.01. The van der Waals surface area contributed by atoms with Crippen LogP contribution >= 0.6 is 0 Å². The van der Waals surface area contributed by atoms with Crippen LogP contribution in [0.1, 0.15) is 79.1 Å². The summed E-state index contributed by atoms with van der Waals surface area (Å²) in [6, 6.07) is 0. The lowest BCUT2D eigenvalue weighted by Crippen LogP contribution is -2.51. The van der Waals surface area contributed by atoms with E-state index < -0.39 is 23.9 Å². The molecule has 15 heteroatoms. The standard InChI is InChI=1S/C8H20N4.C4H5NO2.4C2H4O2/c1-2-4-6-8-10-12-11-9-7-5-3-1;6-3-1-2-4(7)5-3;4*1-2(3)4/h9-12H,1-8H2;1-2H2,(H,5,6,7);4*1H3,(H,3,4). The Hall–Kier alpha value is -3.14. The number of aliphatic carboxylic acids is 4. The summed E-state index contributed by atoms with van der Waals surface area (Å²) in [5.74, 6) is -3.63. The Morgan fingerprint density at radius 1 is 0.543 bits per heavy atom. The third-order valence-electron chi connectivity index (χ3n) is 2.95. The van der Waals surface area contributed by atoms with Gasteiger partial charge in [-0.15, -0.1) is 0 Å². The molecule has 206 valence electrons. The zero-order chi connectivity index (χ0) is 28.1. The van der Waals surface area contributed by atoms with Crippen LogP contribution in [-0.2, 0) is 28.8 Å². The average Bonchev–Trinajstić information content (AvgIpc) is 3.04. The van der Waals surface area contributed by atoms with Gasteiger partial charge in [0.15, 0.2) is 0 Å². The van der Waals surface area contributed by atoms with E-state index >= 15 is 0 Å². The topological polar surface area (TPSA) is 243 Å². The maximum absolute atomic E-state index is 10.1. The van der Waals surface area contributed by atoms with Gasteiger partial charge >= 0.3 is 0 Å². The van der Waals surface area contributed by atoms with Crippen LogP contribution in [0.4, 0.5) is 0 Å². The van der Waals surface area contributed by atoms with Gasteiger partial charge in [0.25, 0.3) is 23.9 Å². The van der Waals surface area contributed by atoms with Crippen molar-refractivity contribution in [1.82, 2.24) is 27.2 Å². The number of imide groups is 1. The van der Waals surface area contributed by atoms with Crippen molar-refractivity contribution in [2.24, 2.45) is 0 Å². The minimum atomic E-state index is -0.833. The molecule has 9 N–H and O–H groups in total. The van der Waals surface area contributed by atoms with Gasteiger partial charge in [0.1, 0.15) is 0 Å². The highest BCUT2D eigenvalue weighted by atomic mass is 16.4. The zero-order valence-corrected chi connectivity index (χ0v) is 20.8. The molecular weight excluding hydrogens is 470 g/mol. The normalized spacial score (nSPS) is 15.1. The molecule has 2 amide bonds. The Morgan fingerprint density at radius 2 is 0.771 bits per heavy atom. The molecule has 0 atom stereocenters. The first-order valence-electron chi connectivity index (χ1n) is 10.8. The second kappa shape index (κ2) is 30.9. The van der Waals surface area contributed by atoms with Gasteiger partial charge in [-0.25, -0.2) is 10.9 Å². The van der Waals surface area contributed by atoms with E-state index in [9.17, 15) is 9.59 Å². The molecular formula is C20H41N5O10. The van der Waals surface area contributed by atoms with Crippen molar-refractivity contribution in [3.63, 3.8) is 0 Å². The number of hydrogen-bond acceptors (Lipinski definition) is 10. The number of rotatable bonds is 0. The lowest BCUT2D eigenvalue weighted by Gasteiger charge is -2.11. The fourth-order valence-electron chi connectivity index (χ4n) is 1.85. The van der Waals surface area contributed by atoms with E-state index in [4.69, 9.17) is 39.6 Å². The highest BCUT2D eigenvalue weighted by Crippen LogP contribution is 2.04. The largest absolute Gasteiger partial charge is 0.481 e. The van der Waals surface area contributed by atoms with Gasteiger partial charge in [-0.3, -0.25) is 34.1 Å². The predicted octanol–water partition coefficient (Wildman–Crippen LogP) is 0.231. The minimum Gasteiger partial charge on any atom is -0.481 e. The summed E-state index contributed by atoms with van der Waals surface area (Å²) in [7, 11) is 0. The minimum absolute atomic E-state index is 0.148. The number of hydrazine groups is 3. The smallest absolute Gasteiger partial charge is 0.300 e. The molecule has 0 aromatic carbocycles. The molecule has 2 saturated heterocycles. The van der Waals surface area contributed by atoms with E-state index in [0.29, 0.717) is 12.8 Å². The maximum atomic E-state index is 10.1.